The molecule has 0 aliphatic rings. The quantitative estimate of drug-likeness (QED) is 0.625. The molecule has 106 valence electrons. The monoisotopic (exact) mass is 258 g/mol. The molecule has 0 unspecified atom stereocenters. The van der Waals surface area contributed by atoms with Gasteiger partial charge in [0.1, 0.15) is 0 Å². The largest absolute Gasteiger partial charge is 0.481 e. The van der Waals surface area contributed by atoms with Crippen LogP contribution in [0, 0.1) is 5.92 Å². The van der Waals surface area contributed by atoms with Crippen molar-refractivity contribution in [3.63, 3.8) is 0 Å². The first-order valence-corrected chi connectivity index (χ1v) is 6.58. The van der Waals surface area contributed by atoms with Crippen molar-refractivity contribution >= 4 is 12.0 Å². The molecular weight excluding hydrogens is 232 g/mol. The fourth-order valence-corrected chi connectivity index (χ4v) is 1.65. The predicted molar refractivity (Wildman–Crippen MR) is 71.6 cm³/mol. The number of amides is 2. The van der Waals surface area contributed by atoms with E-state index in [9.17, 15) is 9.59 Å². The molecule has 0 aromatic carbocycles. The Balaban J connectivity index is 4.01. The molecule has 0 heterocycles. The third kappa shape index (κ3) is 7.92. The Kier molecular flexibility index (Phi) is 7.39. The molecule has 0 aromatic rings. The highest BCUT2D eigenvalue weighted by Gasteiger charge is 2.21. The summed E-state index contributed by atoms with van der Waals surface area (Å²) in [6, 6.07) is -0.225. The maximum Gasteiger partial charge on any atom is 0.315 e. The molecule has 0 aliphatic heterocycles. The standard InChI is InChI=1S/C13H26N2O3/c1-5-10(6-2)9-14-12(18)15-13(3,4)8-7-11(16)17/h10H,5-9H2,1-4H3,(H,16,17)(H2,14,15,18). The van der Waals surface area contributed by atoms with Crippen molar-refractivity contribution in [3.05, 3.63) is 0 Å². The topological polar surface area (TPSA) is 78.4 Å². The third-order valence-electron chi connectivity index (χ3n) is 3.12. The average molecular weight is 258 g/mol. The fraction of sp³-hybridized carbons (Fsp3) is 0.846. The normalized spacial score (nSPS) is 11.4. The summed E-state index contributed by atoms with van der Waals surface area (Å²) in [7, 11) is 0. The summed E-state index contributed by atoms with van der Waals surface area (Å²) < 4.78 is 0. The molecule has 0 rings (SSSR count). The molecular formula is C13H26N2O3. The predicted octanol–water partition coefficient (Wildman–Crippen LogP) is 2.37. The zero-order valence-electron chi connectivity index (χ0n) is 11.9. The summed E-state index contributed by atoms with van der Waals surface area (Å²) in [5, 5.41) is 14.3. The summed E-state index contributed by atoms with van der Waals surface area (Å²) >= 11 is 0. The van der Waals surface area contributed by atoms with Crippen molar-refractivity contribution in [1.29, 1.82) is 0 Å². The molecule has 0 atom stereocenters. The number of aliphatic carboxylic acids is 1. The lowest BCUT2D eigenvalue weighted by Gasteiger charge is -2.26. The Morgan fingerprint density at radius 1 is 1.22 bits per heavy atom. The van der Waals surface area contributed by atoms with Crippen molar-refractivity contribution in [2.24, 2.45) is 5.92 Å². The van der Waals surface area contributed by atoms with E-state index in [1.54, 1.807) is 0 Å². The lowest BCUT2D eigenvalue weighted by Crippen LogP contribution is -2.49. The molecule has 18 heavy (non-hydrogen) atoms. The zero-order chi connectivity index (χ0) is 14.2. The van der Waals surface area contributed by atoms with Crippen LogP contribution in [0.5, 0.6) is 0 Å². The lowest BCUT2D eigenvalue weighted by molar-refractivity contribution is -0.137. The van der Waals surface area contributed by atoms with Gasteiger partial charge in [0, 0.05) is 18.5 Å². The summed E-state index contributed by atoms with van der Waals surface area (Å²) in [6.07, 6.45) is 2.55. The molecule has 0 saturated heterocycles. The summed E-state index contributed by atoms with van der Waals surface area (Å²) in [6.45, 7) is 8.52. The Morgan fingerprint density at radius 2 is 1.78 bits per heavy atom. The number of carboxylic acids is 1. The highest BCUT2D eigenvalue weighted by molar-refractivity contribution is 5.74. The van der Waals surface area contributed by atoms with Gasteiger partial charge in [-0.2, -0.15) is 0 Å². The number of hydrogen-bond acceptors (Lipinski definition) is 2. The molecule has 0 saturated carbocycles. The second-order valence-electron chi connectivity index (χ2n) is 5.30. The van der Waals surface area contributed by atoms with Gasteiger partial charge in [0.25, 0.3) is 0 Å². The van der Waals surface area contributed by atoms with Crippen LogP contribution in [0.3, 0.4) is 0 Å². The lowest BCUT2D eigenvalue weighted by atomic mass is 9.99. The van der Waals surface area contributed by atoms with Crippen LogP contribution in [-0.2, 0) is 4.79 Å². The smallest absolute Gasteiger partial charge is 0.315 e. The van der Waals surface area contributed by atoms with Crippen LogP contribution in [0.4, 0.5) is 4.79 Å². The highest BCUT2D eigenvalue weighted by atomic mass is 16.4. The van der Waals surface area contributed by atoms with E-state index in [1.807, 2.05) is 13.8 Å². The van der Waals surface area contributed by atoms with Crippen molar-refractivity contribution < 1.29 is 14.7 Å². The molecule has 5 heteroatoms. The van der Waals surface area contributed by atoms with Gasteiger partial charge in [-0.1, -0.05) is 26.7 Å². The highest BCUT2D eigenvalue weighted by Crippen LogP contribution is 2.11. The number of carboxylic acid groups (broad SMARTS) is 1. The number of carbonyl (C=O) groups is 2. The average Bonchev–Trinajstić information content (AvgIpc) is 2.27. The van der Waals surface area contributed by atoms with E-state index in [4.69, 9.17) is 5.11 Å². The molecule has 3 N–H and O–H groups in total. The maximum atomic E-state index is 11.7. The van der Waals surface area contributed by atoms with Crippen LogP contribution < -0.4 is 10.6 Å². The van der Waals surface area contributed by atoms with Crippen LogP contribution in [-0.4, -0.2) is 29.2 Å². The van der Waals surface area contributed by atoms with Gasteiger partial charge in [0.15, 0.2) is 0 Å². The molecule has 0 aromatic heterocycles. The van der Waals surface area contributed by atoms with Gasteiger partial charge >= 0.3 is 12.0 Å². The molecule has 0 spiro atoms. The van der Waals surface area contributed by atoms with E-state index < -0.39 is 11.5 Å². The van der Waals surface area contributed by atoms with Gasteiger partial charge in [-0.25, -0.2) is 4.79 Å². The van der Waals surface area contributed by atoms with Crippen molar-refractivity contribution in [1.82, 2.24) is 10.6 Å². The van der Waals surface area contributed by atoms with Crippen molar-refractivity contribution in [2.45, 2.75) is 58.9 Å². The molecule has 5 nitrogen and oxygen atoms in total. The molecule has 2 amide bonds. The number of carbonyl (C=O) groups excluding carboxylic acids is 1. The van der Waals surface area contributed by atoms with Crippen LogP contribution in [0.2, 0.25) is 0 Å². The van der Waals surface area contributed by atoms with E-state index in [-0.39, 0.29) is 12.5 Å². The van der Waals surface area contributed by atoms with Crippen molar-refractivity contribution in [2.75, 3.05) is 6.54 Å². The summed E-state index contributed by atoms with van der Waals surface area (Å²) in [5.41, 5.74) is -0.504. The minimum absolute atomic E-state index is 0.0554. The number of hydrogen-bond donors (Lipinski definition) is 3. The van der Waals surface area contributed by atoms with Gasteiger partial charge in [0.2, 0.25) is 0 Å². The first-order valence-electron chi connectivity index (χ1n) is 6.58. The van der Waals surface area contributed by atoms with Crippen LogP contribution >= 0.6 is 0 Å². The van der Waals surface area contributed by atoms with Gasteiger partial charge < -0.3 is 15.7 Å². The van der Waals surface area contributed by atoms with Crippen LogP contribution in [0.1, 0.15) is 53.4 Å². The second kappa shape index (κ2) is 7.95. The maximum absolute atomic E-state index is 11.7. The Hall–Kier alpha value is -1.26. The van der Waals surface area contributed by atoms with E-state index >= 15 is 0 Å². The zero-order valence-corrected chi connectivity index (χ0v) is 11.9. The molecule has 0 fully saturated rings. The number of rotatable bonds is 8. The van der Waals surface area contributed by atoms with Gasteiger partial charge in [-0.05, 0) is 26.2 Å². The van der Waals surface area contributed by atoms with Gasteiger partial charge in [0.05, 0.1) is 0 Å². The summed E-state index contributed by atoms with van der Waals surface area (Å²) in [5.74, 6) is -0.347. The minimum atomic E-state index is -0.845. The molecule has 0 radical (unpaired) electrons. The van der Waals surface area contributed by atoms with E-state index in [0.717, 1.165) is 12.8 Å². The fourth-order valence-electron chi connectivity index (χ4n) is 1.65. The third-order valence-corrected chi connectivity index (χ3v) is 3.12. The van der Waals surface area contributed by atoms with E-state index in [1.165, 1.54) is 0 Å². The number of nitrogens with one attached hydrogen (secondary N) is 2. The first kappa shape index (κ1) is 16.7. The van der Waals surface area contributed by atoms with E-state index in [2.05, 4.69) is 24.5 Å². The Labute approximate surface area is 109 Å². The van der Waals surface area contributed by atoms with Gasteiger partial charge in [-0.3, -0.25) is 4.79 Å². The van der Waals surface area contributed by atoms with E-state index in [0.29, 0.717) is 18.9 Å². The van der Waals surface area contributed by atoms with Crippen LogP contribution in [0.15, 0.2) is 0 Å². The van der Waals surface area contributed by atoms with Crippen molar-refractivity contribution in [3.8, 4) is 0 Å². The summed E-state index contributed by atoms with van der Waals surface area (Å²) in [4.78, 5) is 22.2. The number of urea groups is 1. The Bertz CT molecular complexity index is 273. The van der Waals surface area contributed by atoms with Crippen LogP contribution in [0.25, 0.3) is 0 Å². The SMILES string of the molecule is CCC(CC)CNC(=O)NC(C)(C)CCC(=O)O. The minimum Gasteiger partial charge on any atom is -0.481 e. The Morgan fingerprint density at radius 3 is 2.22 bits per heavy atom. The second-order valence-corrected chi connectivity index (χ2v) is 5.30. The molecule has 0 bridgehead atoms. The van der Waals surface area contributed by atoms with Gasteiger partial charge in [-0.15, -0.1) is 0 Å². The molecule has 0 aliphatic carbocycles. The first-order chi connectivity index (χ1) is 8.30.